The minimum atomic E-state index is 0.649. The predicted octanol–water partition coefficient (Wildman–Crippen LogP) is 3.66. The molecule has 1 aromatic carbocycles. The van der Waals surface area contributed by atoms with Gasteiger partial charge in [-0.2, -0.15) is 0 Å². The van der Waals surface area contributed by atoms with Gasteiger partial charge in [-0.3, -0.25) is 4.98 Å². The summed E-state index contributed by atoms with van der Waals surface area (Å²) in [6.07, 6.45) is 3.38. The normalized spacial score (nSPS) is 10.2. The Kier molecular flexibility index (Phi) is 4.05. The van der Waals surface area contributed by atoms with Crippen molar-refractivity contribution in [2.45, 2.75) is 13.5 Å². The molecule has 0 unspecified atom stereocenters. The second-order valence-corrected chi connectivity index (χ2v) is 4.43. The Hall–Kier alpha value is -1.74. The number of aryl methyl sites for hydroxylation is 1. The zero-order valence-electron chi connectivity index (χ0n) is 10.4. The van der Waals surface area contributed by atoms with Crippen molar-refractivity contribution < 1.29 is 4.74 Å². The number of nitrogens with zero attached hydrogens (tertiary/aromatic N) is 1. The van der Waals surface area contributed by atoms with Crippen molar-refractivity contribution in [3.05, 3.63) is 52.8 Å². The Morgan fingerprint density at radius 3 is 2.89 bits per heavy atom. The third kappa shape index (κ3) is 2.93. The fourth-order valence-electron chi connectivity index (χ4n) is 1.74. The molecule has 18 heavy (non-hydrogen) atoms. The first kappa shape index (κ1) is 12.7. The molecule has 0 aliphatic heterocycles. The average Bonchev–Trinajstić information content (AvgIpc) is 2.38. The molecule has 94 valence electrons. The van der Waals surface area contributed by atoms with E-state index in [1.807, 2.05) is 12.1 Å². The minimum Gasteiger partial charge on any atom is -0.496 e. The monoisotopic (exact) mass is 262 g/mol. The maximum Gasteiger partial charge on any atom is 0.123 e. The minimum absolute atomic E-state index is 0.649. The number of rotatable bonds is 4. The van der Waals surface area contributed by atoms with Crippen LogP contribution in [0.3, 0.4) is 0 Å². The van der Waals surface area contributed by atoms with Gasteiger partial charge >= 0.3 is 0 Å². The molecule has 1 aromatic heterocycles. The largest absolute Gasteiger partial charge is 0.496 e. The fraction of sp³-hybridized carbons (Fsp3) is 0.214. The Morgan fingerprint density at radius 1 is 1.33 bits per heavy atom. The lowest BCUT2D eigenvalue weighted by Gasteiger charge is -2.12. The smallest absolute Gasteiger partial charge is 0.123 e. The van der Waals surface area contributed by atoms with Crippen LogP contribution in [-0.2, 0) is 6.54 Å². The van der Waals surface area contributed by atoms with Gasteiger partial charge in [0.1, 0.15) is 5.75 Å². The van der Waals surface area contributed by atoms with Gasteiger partial charge in [-0.1, -0.05) is 29.3 Å². The molecule has 0 atom stereocenters. The summed E-state index contributed by atoms with van der Waals surface area (Å²) >= 11 is 6.06. The molecule has 0 fully saturated rings. The number of nitrogens with one attached hydrogen (secondary N) is 1. The number of hydrogen-bond donors (Lipinski definition) is 1. The topological polar surface area (TPSA) is 34.1 Å². The molecule has 2 aromatic rings. The number of hydrogen-bond acceptors (Lipinski definition) is 3. The summed E-state index contributed by atoms with van der Waals surface area (Å²) in [6, 6.07) is 7.85. The summed E-state index contributed by atoms with van der Waals surface area (Å²) < 4.78 is 5.33. The third-order valence-electron chi connectivity index (χ3n) is 2.67. The highest BCUT2D eigenvalue weighted by atomic mass is 35.5. The molecule has 3 nitrogen and oxygen atoms in total. The summed E-state index contributed by atoms with van der Waals surface area (Å²) in [5, 5.41) is 3.92. The van der Waals surface area contributed by atoms with Gasteiger partial charge in [0.05, 0.1) is 24.0 Å². The summed E-state index contributed by atoms with van der Waals surface area (Å²) in [4.78, 5) is 4.04. The molecule has 4 heteroatoms. The van der Waals surface area contributed by atoms with Crippen LogP contribution in [0.4, 0.5) is 5.69 Å². The van der Waals surface area contributed by atoms with Crippen molar-refractivity contribution in [1.82, 2.24) is 4.98 Å². The first-order chi connectivity index (χ1) is 8.70. The van der Waals surface area contributed by atoms with E-state index in [9.17, 15) is 0 Å². The van der Waals surface area contributed by atoms with Crippen LogP contribution < -0.4 is 10.1 Å². The number of benzene rings is 1. The van der Waals surface area contributed by atoms with E-state index in [-0.39, 0.29) is 0 Å². The third-order valence-corrected chi connectivity index (χ3v) is 3.00. The highest BCUT2D eigenvalue weighted by Crippen LogP contribution is 2.23. The molecule has 0 bridgehead atoms. The van der Waals surface area contributed by atoms with Crippen LogP contribution >= 0.6 is 11.6 Å². The van der Waals surface area contributed by atoms with Gasteiger partial charge in [-0.25, -0.2) is 0 Å². The first-order valence-corrected chi connectivity index (χ1v) is 6.05. The van der Waals surface area contributed by atoms with Gasteiger partial charge in [0.15, 0.2) is 0 Å². The van der Waals surface area contributed by atoms with Crippen molar-refractivity contribution in [2.75, 3.05) is 12.4 Å². The number of aromatic nitrogens is 1. The van der Waals surface area contributed by atoms with Gasteiger partial charge < -0.3 is 10.1 Å². The van der Waals surface area contributed by atoms with Crippen LogP contribution in [0.15, 0.2) is 36.7 Å². The molecule has 0 amide bonds. The summed E-state index contributed by atoms with van der Waals surface area (Å²) in [7, 11) is 1.67. The zero-order chi connectivity index (χ0) is 13.0. The van der Waals surface area contributed by atoms with Crippen LogP contribution in [0.2, 0.25) is 5.02 Å². The van der Waals surface area contributed by atoms with Crippen LogP contribution in [0.25, 0.3) is 0 Å². The number of anilines is 1. The van der Waals surface area contributed by atoms with Crippen LogP contribution in [0.1, 0.15) is 11.1 Å². The standard InChI is InChI=1S/C14H15ClN2O/c1-10-3-4-14(18-2)11(7-10)8-17-13-9-16-6-5-12(13)15/h3-7,9,17H,8H2,1-2H3. The number of halogens is 1. The molecule has 1 heterocycles. The Labute approximate surface area is 112 Å². The molecule has 0 saturated heterocycles. The number of ether oxygens (including phenoxy) is 1. The fourth-order valence-corrected chi connectivity index (χ4v) is 1.92. The van der Waals surface area contributed by atoms with E-state index in [4.69, 9.17) is 16.3 Å². The predicted molar refractivity (Wildman–Crippen MR) is 74.3 cm³/mol. The second-order valence-electron chi connectivity index (χ2n) is 4.02. The van der Waals surface area contributed by atoms with E-state index >= 15 is 0 Å². The number of methoxy groups -OCH3 is 1. The Bertz CT molecular complexity index is 543. The lowest BCUT2D eigenvalue weighted by atomic mass is 10.1. The molecule has 2 rings (SSSR count). The van der Waals surface area contributed by atoms with E-state index < -0.39 is 0 Å². The van der Waals surface area contributed by atoms with Gasteiger partial charge in [-0.15, -0.1) is 0 Å². The quantitative estimate of drug-likeness (QED) is 0.913. The summed E-state index contributed by atoms with van der Waals surface area (Å²) in [5.41, 5.74) is 3.12. The van der Waals surface area contributed by atoms with Crippen molar-refractivity contribution in [1.29, 1.82) is 0 Å². The SMILES string of the molecule is COc1ccc(C)cc1CNc1cnccc1Cl. The summed E-state index contributed by atoms with van der Waals surface area (Å²) in [5.74, 6) is 0.869. The maximum atomic E-state index is 6.06. The highest BCUT2D eigenvalue weighted by Gasteiger charge is 2.04. The number of pyridine rings is 1. The van der Waals surface area contributed by atoms with E-state index in [1.165, 1.54) is 5.56 Å². The van der Waals surface area contributed by atoms with Gasteiger partial charge in [0.25, 0.3) is 0 Å². The average molecular weight is 263 g/mol. The van der Waals surface area contributed by atoms with Crippen LogP contribution in [-0.4, -0.2) is 12.1 Å². The summed E-state index contributed by atoms with van der Waals surface area (Å²) in [6.45, 7) is 2.70. The first-order valence-electron chi connectivity index (χ1n) is 5.67. The molecule has 0 aliphatic carbocycles. The molecule has 0 saturated carbocycles. The molecule has 0 spiro atoms. The molecule has 0 aliphatic rings. The van der Waals surface area contributed by atoms with Crippen molar-refractivity contribution in [3.63, 3.8) is 0 Å². The Morgan fingerprint density at radius 2 is 2.17 bits per heavy atom. The molecule has 0 radical (unpaired) electrons. The van der Waals surface area contributed by atoms with Crippen LogP contribution in [0, 0.1) is 6.92 Å². The second kappa shape index (κ2) is 5.74. The van der Waals surface area contributed by atoms with Gasteiger partial charge in [-0.05, 0) is 19.1 Å². The Balaban J connectivity index is 2.15. The lowest BCUT2D eigenvalue weighted by Crippen LogP contribution is -2.02. The van der Waals surface area contributed by atoms with E-state index in [0.29, 0.717) is 11.6 Å². The van der Waals surface area contributed by atoms with Crippen molar-refractivity contribution >= 4 is 17.3 Å². The maximum absolute atomic E-state index is 6.06. The van der Waals surface area contributed by atoms with E-state index in [2.05, 4.69) is 23.3 Å². The van der Waals surface area contributed by atoms with Crippen molar-refractivity contribution in [2.24, 2.45) is 0 Å². The van der Waals surface area contributed by atoms with E-state index in [0.717, 1.165) is 17.0 Å². The molecular formula is C14H15ClN2O. The highest BCUT2D eigenvalue weighted by molar-refractivity contribution is 6.33. The van der Waals surface area contributed by atoms with Gasteiger partial charge in [0, 0.05) is 18.3 Å². The van der Waals surface area contributed by atoms with Gasteiger partial charge in [0.2, 0.25) is 0 Å². The van der Waals surface area contributed by atoms with E-state index in [1.54, 1.807) is 25.6 Å². The molecule has 1 N–H and O–H groups in total. The zero-order valence-corrected chi connectivity index (χ0v) is 11.2. The van der Waals surface area contributed by atoms with Crippen molar-refractivity contribution in [3.8, 4) is 5.75 Å². The molecular weight excluding hydrogens is 248 g/mol. The lowest BCUT2D eigenvalue weighted by molar-refractivity contribution is 0.410. The van der Waals surface area contributed by atoms with Crippen LogP contribution in [0.5, 0.6) is 5.75 Å².